The first-order valence-electron chi connectivity index (χ1n) is 5.81. The molecule has 1 unspecified atom stereocenters. The summed E-state index contributed by atoms with van der Waals surface area (Å²) in [5.74, 6) is -1.41. The second-order valence-corrected chi connectivity index (χ2v) is 7.72. The first kappa shape index (κ1) is 17.7. The maximum atomic E-state index is 11.5. The van der Waals surface area contributed by atoms with Gasteiger partial charge in [-0.2, -0.15) is 5.10 Å². The van der Waals surface area contributed by atoms with Gasteiger partial charge in [0.2, 0.25) is 5.91 Å². The molecule has 1 fully saturated rings. The van der Waals surface area contributed by atoms with Crippen molar-refractivity contribution in [3.05, 3.63) is 30.8 Å². The number of carbonyl (C=O) groups is 2. The predicted molar refractivity (Wildman–Crippen MR) is 98.7 cm³/mol. The zero-order valence-corrected chi connectivity index (χ0v) is 16.0. The Bertz CT molecular complexity index is 698. The van der Waals surface area contributed by atoms with Gasteiger partial charge in [-0.15, -0.1) is 5.10 Å². The van der Waals surface area contributed by atoms with Gasteiger partial charge in [-0.25, -0.2) is 0 Å². The molecule has 10 heteroatoms. The molecule has 1 aliphatic heterocycles. The van der Waals surface area contributed by atoms with E-state index < -0.39 is 11.2 Å². The fraction of sp³-hybridized carbons (Fsp3) is 0.167. The lowest BCUT2D eigenvalue weighted by Gasteiger charge is -2.01. The Morgan fingerprint density at radius 3 is 3.00 bits per heavy atom. The van der Waals surface area contributed by atoms with Gasteiger partial charge >= 0.3 is 5.97 Å². The average Bonchev–Trinajstić information content (AvgIpc) is 2.75. The number of aliphatic carboxylic acids is 1. The summed E-state index contributed by atoms with van der Waals surface area (Å²) in [6.45, 7) is 0. The maximum Gasteiger partial charge on any atom is 0.305 e. The molecule has 1 aliphatic rings. The van der Waals surface area contributed by atoms with E-state index in [-0.39, 0.29) is 17.5 Å². The number of benzene rings is 1. The van der Waals surface area contributed by atoms with E-state index in [1.54, 1.807) is 12.1 Å². The van der Waals surface area contributed by atoms with E-state index in [1.165, 1.54) is 6.21 Å². The van der Waals surface area contributed by atoms with Crippen molar-refractivity contribution in [2.45, 2.75) is 11.7 Å². The summed E-state index contributed by atoms with van der Waals surface area (Å²) in [5.41, 5.74) is 0.748. The predicted octanol–water partition coefficient (Wildman–Crippen LogP) is 3.10. The van der Waals surface area contributed by atoms with Crippen LogP contribution in [0.1, 0.15) is 12.0 Å². The fourth-order valence-electron chi connectivity index (χ4n) is 1.56. The normalized spacial score (nSPS) is 19.9. The number of halogens is 3. The largest absolute Gasteiger partial charge is 0.481 e. The van der Waals surface area contributed by atoms with Crippen molar-refractivity contribution in [3.8, 4) is 0 Å². The van der Waals surface area contributed by atoms with Gasteiger partial charge in [0.05, 0.1) is 12.6 Å². The smallest absolute Gasteiger partial charge is 0.305 e. The Kier molecular flexibility index (Phi) is 6.24. The molecule has 6 nitrogen and oxygen atoms in total. The van der Waals surface area contributed by atoms with Gasteiger partial charge in [0.25, 0.3) is 0 Å². The van der Waals surface area contributed by atoms with Crippen molar-refractivity contribution in [2.24, 2.45) is 10.2 Å². The second kappa shape index (κ2) is 7.75. The van der Waals surface area contributed by atoms with Crippen molar-refractivity contribution in [1.29, 1.82) is 0 Å². The first-order valence-corrected chi connectivity index (χ1v) is 8.94. The molecule has 0 bridgehead atoms. The number of amidine groups is 1. The molecule has 0 saturated carbocycles. The van der Waals surface area contributed by atoms with Crippen molar-refractivity contribution in [2.75, 3.05) is 0 Å². The van der Waals surface area contributed by atoms with Crippen LogP contribution in [0.2, 0.25) is 5.02 Å². The van der Waals surface area contributed by atoms with Gasteiger partial charge in [0.15, 0.2) is 5.17 Å². The van der Waals surface area contributed by atoms with Gasteiger partial charge in [0, 0.05) is 18.6 Å². The summed E-state index contributed by atoms with van der Waals surface area (Å²) in [7, 11) is 0. The highest BCUT2D eigenvalue weighted by Gasteiger charge is 2.32. The van der Waals surface area contributed by atoms with Crippen LogP contribution in [0.25, 0.3) is 0 Å². The summed E-state index contributed by atoms with van der Waals surface area (Å²) < 4.78 is 1.78. The molecule has 1 aromatic carbocycles. The summed E-state index contributed by atoms with van der Waals surface area (Å²) in [4.78, 5) is 22.2. The number of carbonyl (C=O) groups excluding carboxylic acids is 1. The quantitative estimate of drug-likeness (QED) is 0.279. The van der Waals surface area contributed by atoms with Crippen LogP contribution in [0.15, 0.2) is 26.8 Å². The Labute approximate surface area is 157 Å². The Balaban J connectivity index is 2.09. The topological polar surface area (TPSA) is 91.1 Å². The van der Waals surface area contributed by atoms with Gasteiger partial charge in [0.1, 0.15) is 5.25 Å². The van der Waals surface area contributed by atoms with Crippen LogP contribution in [0.3, 0.4) is 0 Å². The third-order valence-corrected chi connectivity index (χ3v) is 6.27. The molecule has 0 aliphatic carbocycles. The first-order chi connectivity index (χ1) is 10.4. The van der Waals surface area contributed by atoms with E-state index in [9.17, 15) is 9.59 Å². The fourth-order valence-corrected chi connectivity index (χ4v) is 3.86. The third kappa shape index (κ3) is 4.67. The van der Waals surface area contributed by atoms with Crippen molar-refractivity contribution in [3.63, 3.8) is 0 Å². The molecule has 1 saturated heterocycles. The standard InChI is InChI=1S/C12H8BrClIN3O3S/c13-10-5(1-6(14)2-7(10)15)4-16-18-12-17-11(21)8(22-12)3-9(19)20/h1-2,4,8H,3H2,(H,19,20)(H,17,18,21). The molecule has 1 amide bonds. The van der Waals surface area contributed by atoms with E-state index >= 15 is 0 Å². The minimum atomic E-state index is -1.03. The number of carboxylic acids is 1. The number of hydrogen-bond acceptors (Lipinski definition) is 5. The summed E-state index contributed by atoms with van der Waals surface area (Å²) in [6, 6.07) is 3.53. The molecule has 2 N–H and O–H groups in total. The van der Waals surface area contributed by atoms with Crippen LogP contribution in [0.4, 0.5) is 0 Å². The van der Waals surface area contributed by atoms with Crippen LogP contribution < -0.4 is 5.32 Å². The monoisotopic (exact) mass is 515 g/mol. The number of nitrogens with one attached hydrogen (secondary N) is 1. The Morgan fingerprint density at radius 1 is 1.59 bits per heavy atom. The van der Waals surface area contributed by atoms with E-state index in [0.717, 1.165) is 25.4 Å². The zero-order chi connectivity index (χ0) is 16.3. The molecule has 0 spiro atoms. The van der Waals surface area contributed by atoms with Crippen LogP contribution in [0.5, 0.6) is 0 Å². The van der Waals surface area contributed by atoms with Crippen molar-refractivity contribution >= 4 is 85.1 Å². The van der Waals surface area contributed by atoms with Gasteiger partial charge < -0.3 is 10.4 Å². The summed E-state index contributed by atoms with van der Waals surface area (Å²) in [5, 5.41) is 19.2. The highest BCUT2D eigenvalue weighted by molar-refractivity contribution is 14.1. The molecule has 0 radical (unpaired) electrons. The van der Waals surface area contributed by atoms with Crippen molar-refractivity contribution < 1.29 is 14.7 Å². The molecule has 2 rings (SSSR count). The van der Waals surface area contributed by atoms with E-state index in [1.807, 2.05) is 0 Å². The number of rotatable bonds is 4. The zero-order valence-electron chi connectivity index (χ0n) is 10.7. The van der Waals surface area contributed by atoms with Crippen LogP contribution >= 0.6 is 61.9 Å². The van der Waals surface area contributed by atoms with E-state index in [2.05, 4.69) is 54.0 Å². The second-order valence-electron chi connectivity index (χ2n) is 4.13. The average molecular weight is 517 g/mol. The molecule has 1 heterocycles. The molecule has 1 atom stereocenters. The maximum absolute atomic E-state index is 11.5. The van der Waals surface area contributed by atoms with Gasteiger partial charge in [-0.1, -0.05) is 23.4 Å². The lowest BCUT2D eigenvalue weighted by Crippen LogP contribution is -2.26. The van der Waals surface area contributed by atoms with E-state index in [4.69, 9.17) is 16.7 Å². The van der Waals surface area contributed by atoms with Crippen LogP contribution in [-0.2, 0) is 9.59 Å². The SMILES string of the molecule is O=C(O)CC1SC(=NN=Cc2cc(Cl)cc(I)c2Br)NC1=O. The van der Waals surface area contributed by atoms with Crippen molar-refractivity contribution in [1.82, 2.24) is 5.32 Å². The number of nitrogens with zero attached hydrogens (tertiary/aromatic N) is 2. The number of thioether (sulfide) groups is 1. The Morgan fingerprint density at radius 2 is 2.32 bits per heavy atom. The molecule has 0 aromatic heterocycles. The molecular weight excluding hydrogens is 508 g/mol. The van der Waals surface area contributed by atoms with Gasteiger partial charge in [-0.05, 0) is 50.7 Å². The van der Waals surface area contributed by atoms with Crippen LogP contribution in [0, 0.1) is 3.57 Å². The number of hydrogen-bond donors (Lipinski definition) is 2. The lowest BCUT2D eigenvalue weighted by molar-refractivity contribution is -0.138. The highest BCUT2D eigenvalue weighted by Crippen LogP contribution is 2.27. The molecule has 116 valence electrons. The minimum absolute atomic E-state index is 0.253. The lowest BCUT2D eigenvalue weighted by atomic mass is 10.2. The molecule has 22 heavy (non-hydrogen) atoms. The summed E-state index contributed by atoms with van der Waals surface area (Å²) in [6.07, 6.45) is 1.25. The molecule has 1 aromatic rings. The Hall–Kier alpha value is -0.650. The minimum Gasteiger partial charge on any atom is -0.481 e. The molecular formula is C12H8BrClIN3O3S. The summed E-state index contributed by atoms with van der Waals surface area (Å²) >= 11 is 12.6. The number of carboxylic acid groups (broad SMARTS) is 1. The van der Waals surface area contributed by atoms with Crippen LogP contribution in [-0.4, -0.2) is 33.6 Å². The number of amides is 1. The highest BCUT2D eigenvalue weighted by atomic mass is 127. The third-order valence-electron chi connectivity index (χ3n) is 2.50. The van der Waals surface area contributed by atoms with Gasteiger partial charge in [-0.3, -0.25) is 9.59 Å². The van der Waals surface area contributed by atoms with E-state index in [0.29, 0.717) is 5.02 Å².